The van der Waals surface area contributed by atoms with E-state index < -0.39 is 11.9 Å². The first-order chi connectivity index (χ1) is 15.0. The maximum Gasteiger partial charge on any atom is 0.337 e. The van der Waals surface area contributed by atoms with Crippen molar-refractivity contribution >= 4 is 23.8 Å². The Hall–Kier alpha value is -4.13. The highest BCUT2D eigenvalue weighted by Crippen LogP contribution is 2.49. The normalized spacial score (nSPS) is 18.2. The molecule has 0 radical (unpaired) electrons. The molecular weight excluding hydrogens is 400 g/mol. The van der Waals surface area contributed by atoms with E-state index in [9.17, 15) is 14.4 Å². The van der Waals surface area contributed by atoms with Gasteiger partial charge in [-0.25, -0.2) is 4.79 Å². The lowest BCUT2D eigenvalue weighted by atomic mass is 9.88. The molecule has 0 amide bonds. The fourth-order valence-corrected chi connectivity index (χ4v) is 3.82. The highest BCUT2D eigenvalue weighted by Gasteiger charge is 2.39. The first kappa shape index (κ1) is 18.9. The van der Waals surface area contributed by atoms with Gasteiger partial charge in [-0.2, -0.15) is 0 Å². The Balaban J connectivity index is 1.53. The summed E-state index contributed by atoms with van der Waals surface area (Å²) < 4.78 is 21.6. The first-order valence-electron chi connectivity index (χ1n) is 9.58. The highest BCUT2D eigenvalue weighted by atomic mass is 16.5. The van der Waals surface area contributed by atoms with Gasteiger partial charge in [-0.15, -0.1) is 0 Å². The Morgan fingerprint density at radius 2 is 1.87 bits per heavy atom. The van der Waals surface area contributed by atoms with E-state index in [-0.39, 0.29) is 23.9 Å². The molecule has 0 saturated carbocycles. The molecule has 3 heterocycles. The second kappa shape index (κ2) is 7.28. The van der Waals surface area contributed by atoms with Crippen LogP contribution in [0.15, 0.2) is 65.0 Å². The Labute approximate surface area is 176 Å². The molecular formula is C24H16O7. The number of carbonyl (C=O) groups is 3. The summed E-state index contributed by atoms with van der Waals surface area (Å²) in [5.41, 5.74) is 2.10. The molecule has 31 heavy (non-hydrogen) atoms. The van der Waals surface area contributed by atoms with Crippen LogP contribution in [0.5, 0.6) is 11.5 Å². The average molecular weight is 416 g/mol. The van der Waals surface area contributed by atoms with Gasteiger partial charge >= 0.3 is 11.9 Å². The minimum absolute atomic E-state index is 0.0859. The van der Waals surface area contributed by atoms with Crippen LogP contribution >= 0.6 is 0 Å². The Kier molecular flexibility index (Phi) is 4.43. The van der Waals surface area contributed by atoms with Crippen molar-refractivity contribution in [1.82, 2.24) is 0 Å². The molecule has 0 bridgehead atoms. The van der Waals surface area contributed by atoms with Crippen LogP contribution in [-0.2, 0) is 9.53 Å². The summed E-state index contributed by atoms with van der Waals surface area (Å²) in [5.74, 6) is -0.0357. The van der Waals surface area contributed by atoms with E-state index in [0.717, 1.165) is 0 Å². The monoisotopic (exact) mass is 416 g/mol. The number of fused-ring (bicyclic) bond motifs is 3. The minimum atomic E-state index is -0.440. The lowest BCUT2D eigenvalue weighted by Crippen LogP contribution is -2.21. The Morgan fingerprint density at radius 3 is 2.58 bits per heavy atom. The SMILES string of the molecule is COC(=O)c1ccc(/C=C2\Oc3c(ccc4c3[C@H](c3ccco3)CC(=O)O4)C2=O)cc1. The number of ether oxygens (including phenoxy) is 3. The number of benzene rings is 2. The van der Waals surface area contributed by atoms with E-state index in [1.54, 1.807) is 54.6 Å². The van der Waals surface area contributed by atoms with Crippen molar-refractivity contribution in [2.45, 2.75) is 12.3 Å². The number of furan rings is 1. The topological polar surface area (TPSA) is 92.0 Å². The fourth-order valence-electron chi connectivity index (χ4n) is 3.82. The second-order valence-corrected chi connectivity index (χ2v) is 7.15. The van der Waals surface area contributed by atoms with Crippen LogP contribution in [0.4, 0.5) is 0 Å². The number of allylic oxidation sites excluding steroid dienone is 1. The third kappa shape index (κ3) is 3.20. The first-order valence-corrected chi connectivity index (χ1v) is 9.58. The van der Waals surface area contributed by atoms with Crippen LogP contribution < -0.4 is 9.47 Å². The van der Waals surface area contributed by atoms with Crippen LogP contribution in [0.2, 0.25) is 0 Å². The smallest absolute Gasteiger partial charge is 0.337 e. The van der Waals surface area contributed by atoms with Gasteiger partial charge in [-0.3, -0.25) is 9.59 Å². The molecule has 0 aliphatic carbocycles. The minimum Gasteiger partial charge on any atom is -0.469 e. The zero-order valence-corrected chi connectivity index (χ0v) is 16.4. The van der Waals surface area contributed by atoms with Gasteiger partial charge in [0.15, 0.2) is 5.76 Å². The van der Waals surface area contributed by atoms with Gasteiger partial charge in [-0.1, -0.05) is 12.1 Å². The largest absolute Gasteiger partial charge is 0.469 e. The molecule has 2 aliphatic heterocycles. The number of Topliss-reactive ketones (excluding diaryl/α,β-unsaturated/α-hetero) is 1. The van der Waals surface area contributed by atoms with Crippen molar-refractivity contribution in [2.75, 3.05) is 7.11 Å². The summed E-state index contributed by atoms with van der Waals surface area (Å²) >= 11 is 0. The third-order valence-corrected chi connectivity index (χ3v) is 5.30. The van der Waals surface area contributed by atoms with E-state index >= 15 is 0 Å². The molecule has 0 N–H and O–H groups in total. The number of methoxy groups -OCH3 is 1. The number of hydrogen-bond donors (Lipinski definition) is 0. The molecule has 154 valence electrons. The van der Waals surface area contributed by atoms with E-state index in [2.05, 4.69) is 0 Å². The second-order valence-electron chi connectivity index (χ2n) is 7.15. The summed E-state index contributed by atoms with van der Waals surface area (Å²) in [4.78, 5) is 36.6. The number of hydrogen-bond acceptors (Lipinski definition) is 7. The van der Waals surface area contributed by atoms with Gasteiger partial charge in [-0.05, 0) is 48.0 Å². The molecule has 0 saturated heterocycles. The van der Waals surface area contributed by atoms with Crippen LogP contribution in [0.1, 0.15) is 49.9 Å². The quantitative estimate of drug-likeness (QED) is 0.360. The summed E-state index contributed by atoms with van der Waals surface area (Å²) in [5, 5.41) is 0. The maximum absolute atomic E-state index is 13.0. The van der Waals surface area contributed by atoms with Gasteiger partial charge in [0.25, 0.3) is 0 Å². The molecule has 0 unspecified atom stereocenters. The maximum atomic E-state index is 13.0. The van der Waals surface area contributed by atoms with Crippen molar-refractivity contribution in [3.8, 4) is 11.5 Å². The summed E-state index contributed by atoms with van der Waals surface area (Å²) in [7, 11) is 1.31. The van der Waals surface area contributed by atoms with Crippen LogP contribution in [0.3, 0.4) is 0 Å². The van der Waals surface area contributed by atoms with E-state index in [1.807, 2.05) is 0 Å². The van der Waals surface area contributed by atoms with E-state index in [0.29, 0.717) is 39.5 Å². The lowest BCUT2D eigenvalue weighted by Gasteiger charge is -2.24. The molecule has 0 fully saturated rings. The van der Waals surface area contributed by atoms with Crippen LogP contribution in [-0.4, -0.2) is 24.8 Å². The molecule has 7 nitrogen and oxygen atoms in total. The molecule has 3 aromatic rings. The molecule has 5 rings (SSSR count). The number of ketones is 1. The molecule has 0 spiro atoms. The van der Waals surface area contributed by atoms with Crippen molar-refractivity contribution in [1.29, 1.82) is 0 Å². The Bertz CT molecular complexity index is 1230. The van der Waals surface area contributed by atoms with Gasteiger partial charge in [0.05, 0.1) is 36.8 Å². The summed E-state index contributed by atoms with van der Waals surface area (Å²) in [6.07, 6.45) is 3.22. The summed E-state index contributed by atoms with van der Waals surface area (Å²) in [6.45, 7) is 0. The average Bonchev–Trinajstić information content (AvgIpc) is 3.42. The number of carbonyl (C=O) groups excluding carboxylic acids is 3. The highest BCUT2D eigenvalue weighted by molar-refractivity contribution is 6.15. The fraction of sp³-hybridized carbons (Fsp3) is 0.125. The zero-order chi connectivity index (χ0) is 21.5. The zero-order valence-electron chi connectivity index (χ0n) is 16.4. The van der Waals surface area contributed by atoms with Crippen molar-refractivity contribution in [3.05, 3.63) is 88.6 Å². The van der Waals surface area contributed by atoms with Crippen molar-refractivity contribution in [2.24, 2.45) is 0 Å². The van der Waals surface area contributed by atoms with Gasteiger partial charge in [0.1, 0.15) is 17.3 Å². The van der Waals surface area contributed by atoms with E-state index in [1.165, 1.54) is 13.4 Å². The van der Waals surface area contributed by atoms with Crippen LogP contribution in [0, 0.1) is 0 Å². The molecule has 1 aromatic heterocycles. The Morgan fingerprint density at radius 1 is 1.06 bits per heavy atom. The van der Waals surface area contributed by atoms with Gasteiger partial charge in [0.2, 0.25) is 5.78 Å². The predicted molar refractivity (Wildman–Crippen MR) is 108 cm³/mol. The molecule has 2 aromatic carbocycles. The van der Waals surface area contributed by atoms with E-state index in [4.69, 9.17) is 18.6 Å². The van der Waals surface area contributed by atoms with Crippen molar-refractivity contribution < 1.29 is 33.0 Å². The lowest BCUT2D eigenvalue weighted by molar-refractivity contribution is -0.135. The van der Waals surface area contributed by atoms with Gasteiger partial charge in [0, 0.05) is 5.56 Å². The third-order valence-electron chi connectivity index (χ3n) is 5.30. The predicted octanol–water partition coefficient (Wildman–Crippen LogP) is 4.12. The van der Waals surface area contributed by atoms with Gasteiger partial charge < -0.3 is 18.6 Å². The standard InChI is InChI=1S/C24H16O7/c1-28-24(27)14-6-4-13(5-7-14)11-19-22(26)15-8-9-18-21(23(15)31-19)16(12-20(25)30-18)17-3-2-10-29-17/h2-11,16H,12H2,1H3/b19-11-/t16-/m0/s1. The molecule has 7 heteroatoms. The summed E-state index contributed by atoms with van der Waals surface area (Å²) in [6, 6.07) is 13.3. The number of esters is 2. The molecule has 2 aliphatic rings. The number of rotatable bonds is 3. The molecule has 1 atom stereocenters. The van der Waals surface area contributed by atoms with Crippen molar-refractivity contribution in [3.63, 3.8) is 0 Å². The van der Waals surface area contributed by atoms with Crippen LogP contribution in [0.25, 0.3) is 6.08 Å².